The van der Waals surface area contributed by atoms with Crippen molar-refractivity contribution in [2.75, 3.05) is 38.0 Å². The molecule has 2 aromatic carbocycles. The first-order chi connectivity index (χ1) is 21.5. The van der Waals surface area contributed by atoms with Crippen molar-refractivity contribution >= 4 is 34.6 Å². The lowest BCUT2D eigenvalue weighted by atomic mass is 9.84. The number of piperidine rings is 2. The highest BCUT2D eigenvalue weighted by Crippen LogP contribution is 2.34. The molecule has 2 fully saturated rings. The van der Waals surface area contributed by atoms with E-state index in [-0.39, 0.29) is 23.6 Å². The van der Waals surface area contributed by atoms with Crippen molar-refractivity contribution in [2.24, 2.45) is 0 Å². The third-order valence-corrected chi connectivity index (χ3v) is 8.63. The molecule has 2 saturated heterocycles. The molecule has 2 aliphatic rings. The summed E-state index contributed by atoms with van der Waals surface area (Å²) >= 11 is 0. The number of nitrogens with zero attached hydrogens (tertiary/aromatic N) is 4. The third-order valence-electron chi connectivity index (χ3n) is 8.63. The summed E-state index contributed by atoms with van der Waals surface area (Å²) in [7, 11) is 0. The number of carbonyl (C=O) groups is 3. The number of fused-ring (bicyclic) bond motifs is 1. The van der Waals surface area contributed by atoms with Crippen molar-refractivity contribution in [3.05, 3.63) is 78.0 Å². The van der Waals surface area contributed by atoms with E-state index in [0.717, 1.165) is 44.3 Å². The van der Waals surface area contributed by atoms with Crippen molar-refractivity contribution in [1.29, 1.82) is 0 Å². The number of rotatable bonds is 8. The fourth-order valence-electron chi connectivity index (χ4n) is 6.35. The van der Waals surface area contributed by atoms with E-state index in [0.29, 0.717) is 54.4 Å². The highest BCUT2D eigenvalue weighted by molar-refractivity contribution is 6.02. The Morgan fingerprint density at radius 1 is 0.909 bits per heavy atom. The Labute approximate surface area is 257 Å². The van der Waals surface area contributed by atoms with Gasteiger partial charge in [-0.25, -0.2) is 9.97 Å². The number of H-pyrrole nitrogens is 1. The quantitative estimate of drug-likeness (QED) is 0.257. The molecule has 44 heavy (non-hydrogen) atoms. The van der Waals surface area contributed by atoms with E-state index >= 15 is 0 Å². The van der Waals surface area contributed by atoms with Crippen LogP contribution in [0.1, 0.15) is 61.0 Å². The molecule has 10 nitrogen and oxygen atoms in total. The third kappa shape index (κ3) is 6.44. The monoisotopic (exact) mass is 593 g/mol. The number of nitrogens with one attached hydrogen (secondary N) is 3. The number of hydrogen-bond acceptors (Lipinski definition) is 6. The molecule has 6 rings (SSSR count). The number of hydrogen-bond donors (Lipinski definition) is 3. The molecule has 2 atom stereocenters. The lowest BCUT2D eigenvalue weighted by Crippen LogP contribution is -2.55. The summed E-state index contributed by atoms with van der Waals surface area (Å²) in [5, 5.41) is 6.77. The molecule has 4 aromatic rings. The lowest BCUT2D eigenvalue weighted by molar-refractivity contribution is -0.138. The fourth-order valence-corrected chi connectivity index (χ4v) is 6.35. The van der Waals surface area contributed by atoms with Crippen LogP contribution in [0.4, 0.5) is 5.82 Å². The van der Waals surface area contributed by atoms with Crippen LogP contribution in [0.5, 0.6) is 0 Å². The van der Waals surface area contributed by atoms with Gasteiger partial charge in [0.15, 0.2) is 5.82 Å². The smallest absolute Gasteiger partial charge is 0.271 e. The van der Waals surface area contributed by atoms with E-state index in [9.17, 15) is 14.4 Å². The van der Waals surface area contributed by atoms with Crippen molar-refractivity contribution in [3.63, 3.8) is 0 Å². The number of benzene rings is 2. The summed E-state index contributed by atoms with van der Waals surface area (Å²) in [6.07, 6.45) is 4.51. The molecule has 0 spiro atoms. The van der Waals surface area contributed by atoms with E-state index in [4.69, 9.17) is 9.97 Å². The SMILES string of the molecule is CC(=O)NCCNc1nc(-c2ccccc2)nc2[nH]c(C(=O)N3CCC(c4ccccc4)CC3C(=O)N3CCCCC3)cc12. The molecule has 0 aliphatic carbocycles. The predicted octanol–water partition coefficient (Wildman–Crippen LogP) is 4.57. The second-order valence-electron chi connectivity index (χ2n) is 11.6. The van der Waals surface area contributed by atoms with Gasteiger partial charge in [0.05, 0.1) is 5.39 Å². The molecule has 2 aliphatic heterocycles. The van der Waals surface area contributed by atoms with Crippen LogP contribution in [-0.4, -0.2) is 81.2 Å². The Balaban J connectivity index is 1.31. The molecule has 2 aromatic heterocycles. The van der Waals surface area contributed by atoms with Gasteiger partial charge in [-0.05, 0) is 49.7 Å². The van der Waals surface area contributed by atoms with E-state index in [2.05, 4.69) is 27.8 Å². The van der Waals surface area contributed by atoms with Gasteiger partial charge in [0.2, 0.25) is 11.8 Å². The first-order valence-corrected chi connectivity index (χ1v) is 15.6. The van der Waals surface area contributed by atoms with E-state index in [1.807, 2.05) is 53.4 Å². The van der Waals surface area contributed by atoms with Crippen LogP contribution in [-0.2, 0) is 9.59 Å². The molecular formula is C34H39N7O3. The maximum atomic E-state index is 14.2. The molecule has 3 N–H and O–H groups in total. The van der Waals surface area contributed by atoms with Gasteiger partial charge in [-0.1, -0.05) is 60.7 Å². The van der Waals surface area contributed by atoms with Crippen molar-refractivity contribution in [3.8, 4) is 11.4 Å². The second-order valence-corrected chi connectivity index (χ2v) is 11.6. The van der Waals surface area contributed by atoms with Gasteiger partial charge in [-0.3, -0.25) is 14.4 Å². The number of aromatic nitrogens is 3. The van der Waals surface area contributed by atoms with Crippen LogP contribution < -0.4 is 10.6 Å². The molecule has 2 unspecified atom stereocenters. The zero-order valence-corrected chi connectivity index (χ0v) is 25.1. The fraction of sp³-hybridized carbons (Fsp3) is 0.382. The number of anilines is 1. The second kappa shape index (κ2) is 13.3. The molecule has 10 heteroatoms. The molecule has 3 amide bonds. The zero-order valence-electron chi connectivity index (χ0n) is 25.1. The summed E-state index contributed by atoms with van der Waals surface area (Å²) in [6, 6.07) is 21.2. The molecule has 4 heterocycles. The van der Waals surface area contributed by atoms with Gasteiger partial charge in [0, 0.05) is 45.2 Å². The van der Waals surface area contributed by atoms with Crippen LogP contribution in [0.15, 0.2) is 66.7 Å². The summed E-state index contributed by atoms with van der Waals surface area (Å²) in [6.45, 7) is 4.32. The first kappa shape index (κ1) is 29.3. The highest BCUT2D eigenvalue weighted by atomic mass is 16.2. The number of aromatic amines is 1. The number of amides is 3. The Kier molecular flexibility index (Phi) is 8.86. The zero-order chi connectivity index (χ0) is 30.5. The van der Waals surface area contributed by atoms with Crippen LogP contribution in [0, 0.1) is 0 Å². The molecular weight excluding hydrogens is 554 g/mol. The average Bonchev–Trinajstić information content (AvgIpc) is 3.51. The van der Waals surface area contributed by atoms with E-state index in [1.165, 1.54) is 12.5 Å². The Hall–Kier alpha value is -4.73. The van der Waals surface area contributed by atoms with Gasteiger partial charge in [0.25, 0.3) is 5.91 Å². The molecule has 228 valence electrons. The Morgan fingerprint density at radius 3 is 2.36 bits per heavy atom. The molecule has 0 bridgehead atoms. The van der Waals surface area contributed by atoms with Crippen LogP contribution in [0.25, 0.3) is 22.4 Å². The number of likely N-dealkylation sites (tertiary alicyclic amines) is 2. The van der Waals surface area contributed by atoms with Crippen LogP contribution in [0.3, 0.4) is 0 Å². The number of carbonyl (C=O) groups excluding carboxylic acids is 3. The van der Waals surface area contributed by atoms with Crippen LogP contribution in [0.2, 0.25) is 0 Å². The first-order valence-electron chi connectivity index (χ1n) is 15.6. The molecule has 0 radical (unpaired) electrons. The van der Waals surface area contributed by atoms with Crippen LogP contribution >= 0.6 is 0 Å². The summed E-state index contributed by atoms with van der Waals surface area (Å²) < 4.78 is 0. The highest BCUT2D eigenvalue weighted by Gasteiger charge is 2.39. The lowest BCUT2D eigenvalue weighted by Gasteiger charge is -2.41. The van der Waals surface area contributed by atoms with Gasteiger partial charge >= 0.3 is 0 Å². The maximum Gasteiger partial charge on any atom is 0.271 e. The van der Waals surface area contributed by atoms with Gasteiger partial charge in [-0.15, -0.1) is 0 Å². The largest absolute Gasteiger partial charge is 0.368 e. The predicted molar refractivity (Wildman–Crippen MR) is 170 cm³/mol. The standard InChI is InChI=1S/C34H39N7O3/c1-23(42)35-16-17-36-31-27-22-28(37-32(27)39-30(38-31)25-13-7-3-8-14-25)33(43)41-20-15-26(24-11-5-2-6-12-24)21-29(41)34(44)40-18-9-4-10-19-40/h2-3,5-8,11-14,22,26,29H,4,9-10,15-21H2,1H3,(H,35,42)(H2,36,37,38,39). The van der Waals surface area contributed by atoms with Gasteiger partial charge in [-0.2, -0.15) is 0 Å². The minimum absolute atomic E-state index is 0.0428. The summed E-state index contributed by atoms with van der Waals surface area (Å²) in [5.74, 6) is 1.02. The maximum absolute atomic E-state index is 14.2. The average molecular weight is 594 g/mol. The minimum atomic E-state index is -0.535. The van der Waals surface area contributed by atoms with Gasteiger partial charge in [0.1, 0.15) is 23.2 Å². The summed E-state index contributed by atoms with van der Waals surface area (Å²) in [5.41, 5.74) is 2.96. The minimum Gasteiger partial charge on any atom is -0.368 e. The normalized spacial score (nSPS) is 18.7. The van der Waals surface area contributed by atoms with Crippen molar-refractivity contribution in [2.45, 2.75) is 51.0 Å². The van der Waals surface area contributed by atoms with E-state index in [1.54, 1.807) is 11.0 Å². The van der Waals surface area contributed by atoms with Crippen molar-refractivity contribution < 1.29 is 14.4 Å². The topological polar surface area (TPSA) is 123 Å². The van der Waals surface area contributed by atoms with Crippen molar-refractivity contribution in [1.82, 2.24) is 30.1 Å². The Bertz CT molecular complexity index is 1620. The van der Waals surface area contributed by atoms with E-state index < -0.39 is 6.04 Å². The summed E-state index contributed by atoms with van der Waals surface area (Å²) in [4.78, 5) is 56.1. The Morgan fingerprint density at radius 2 is 1.64 bits per heavy atom. The molecule has 0 saturated carbocycles. The van der Waals surface area contributed by atoms with Gasteiger partial charge < -0.3 is 25.4 Å².